The Hall–Kier alpha value is -1.33. The van der Waals surface area contributed by atoms with Crippen molar-refractivity contribution in [2.45, 2.75) is 19.8 Å². The molecule has 0 amide bonds. The van der Waals surface area contributed by atoms with Crippen molar-refractivity contribution in [2.75, 3.05) is 20.1 Å². The number of hydrogen-bond acceptors (Lipinski definition) is 2. The summed E-state index contributed by atoms with van der Waals surface area (Å²) in [5.74, 6) is 0. The molecule has 0 aliphatic rings. The Morgan fingerprint density at radius 2 is 1.87 bits per heavy atom. The maximum atomic E-state index is 8.45. The van der Waals surface area contributed by atoms with Crippen molar-refractivity contribution >= 4 is 0 Å². The van der Waals surface area contributed by atoms with Gasteiger partial charge in [-0.05, 0) is 26.0 Å². The molecule has 0 aliphatic carbocycles. The summed E-state index contributed by atoms with van der Waals surface area (Å²) in [7, 11) is 2.06. The molecule has 80 valence electrons. The minimum atomic E-state index is 0.615. The summed E-state index contributed by atoms with van der Waals surface area (Å²) in [6, 6.07) is 10.8. The molecule has 0 fully saturated rings. The first-order valence-corrected chi connectivity index (χ1v) is 5.33. The van der Waals surface area contributed by atoms with Gasteiger partial charge in [0, 0.05) is 19.5 Å². The summed E-state index contributed by atoms with van der Waals surface area (Å²) in [5, 5.41) is 8.45. The van der Waals surface area contributed by atoms with Gasteiger partial charge in [0.05, 0.1) is 6.07 Å². The van der Waals surface area contributed by atoms with Crippen molar-refractivity contribution < 1.29 is 0 Å². The Morgan fingerprint density at radius 3 is 2.47 bits per heavy atom. The van der Waals surface area contributed by atoms with Crippen LogP contribution in [0.5, 0.6) is 0 Å². The minimum Gasteiger partial charge on any atom is -0.305 e. The van der Waals surface area contributed by atoms with Gasteiger partial charge < -0.3 is 4.90 Å². The summed E-state index contributed by atoms with van der Waals surface area (Å²) in [4.78, 5) is 2.20. The quantitative estimate of drug-likeness (QED) is 0.733. The highest BCUT2D eigenvalue weighted by Gasteiger charge is 1.98. The van der Waals surface area contributed by atoms with Crippen molar-refractivity contribution in [2.24, 2.45) is 0 Å². The van der Waals surface area contributed by atoms with Crippen molar-refractivity contribution in [3.63, 3.8) is 0 Å². The SMILES string of the molecule is Cc1ccc(CCN(C)CCC#N)cc1. The fourth-order valence-electron chi connectivity index (χ4n) is 1.43. The van der Waals surface area contributed by atoms with Gasteiger partial charge >= 0.3 is 0 Å². The highest BCUT2D eigenvalue weighted by atomic mass is 15.1. The lowest BCUT2D eigenvalue weighted by molar-refractivity contribution is 0.346. The molecule has 1 aromatic rings. The Bertz CT molecular complexity index is 321. The zero-order valence-electron chi connectivity index (χ0n) is 9.53. The zero-order valence-corrected chi connectivity index (χ0v) is 9.53. The first-order chi connectivity index (χ1) is 7.22. The van der Waals surface area contributed by atoms with Gasteiger partial charge in [-0.2, -0.15) is 5.26 Å². The average molecular weight is 202 g/mol. The number of likely N-dealkylation sites (N-methyl/N-ethyl adjacent to an activating group) is 1. The lowest BCUT2D eigenvalue weighted by Gasteiger charge is -2.14. The Kier molecular flexibility index (Phi) is 4.86. The highest BCUT2D eigenvalue weighted by molar-refractivity contribution is 5.21. The van der Waals surface area contributed by atoms with Crippen LogP contribution in [0.3, 0.4) is 0 Å². The van der Waals surface area contributed by atoms with Crippen molar-refractivity contribution in [1.29, 1.82) is 5.26 Å². The van der Waals surface area contributed by atoms with E-state index in [1.807, 2.05) is 0 Å². The molecule has 0 N–H and O–H groups in total. The Balaban J connectivity index is 2.31. The van der Waals surface area contributed by atoms with Crippen LogP contribution in [-0.4, -0.2) is 25.0 Å². The summed E-state index contributed by atoms with van der Waals surface area (Å²) >= 11 is 0. The predicted molar refractivity (Wildman–Crippen MR) is 62.6 cm³/mol. The van der Waals surface area contributed by atoms with Crippen molar-refractivity contribution in [3.8, 4) is 6.07 Å². The Labute approximate surface area is 92.1 Å². The molecular weight excluding hydrogens is 184 g/mol. The first kappa shape index (κ1) is 11.7. The van der Waals surface area contributed by atoms with Gasteiger partial charge in [0.1, 0.15) is 0 Å². The second-order valence-corrected chi connectivity index (χ2v) is 3.95. The molecule has 0 aromatic heterocycles. The fraction of sp³-hybridized carbons (Fsp3) is 0.462. The second kappa shape index (κ2) is 6.21. The molecule has 1 aromatic carbocycles. The molecule has 1 rings (SSSR count). The fourth-order valence-corrected chi connectivity index (χ4v) is 1.43. The van der Waals surface area contributed by atoms with E-state index in [4.69, 9.17) is 5.26 Å². The van der Waals surface area contributed by atoms with Gasteiger partial charge in [-0.15, -0.1) is 0 Å². The van der Waals surface area contributed by atoms with Crippen molar-refractivity contribution in [3.05, 3.63) is 35.4 Å². The molecule has 0 bridgehead atoms. The highest BCUT2D eigenvalue weighted by Crippen LogP contribution is 2.04. The smallest absolute Gasteiger partial charge is 0.0635 e. The molecule has 0 unspecified atom stereocenters. The van der Waals surface area contributed by atoms with E-state index in [-0.39, 0.29) is 0 Å². The number of benzene rings is 1. The number of nitriles is 1. The van der Waals surface area contributed by atoms with E-state index in [0.717, 1.165) is 19.5 Å². The average Bonchev–Trinajstić information content (AvgIpc) is 2.25. The predicted octanol–water partition coefficient (Wildman–Crippen LogP) is 2.38. The van der Waals surface area contributed by atoms with Crippen LogP contribution >= 0.6 is 0 Å². The van der Waals surface area contributed by atoms with E-state index in [1.165, 1.54) is 11.1 Å². The first-order valence-electron chi connectivity index (χ1n) is 5.33. The molecule has 2 nitrogen and oxygen atoms in total. The number of hydrogen-bond donors (Lipinski definition) is 0. The van der Waals surface area contributed by atoms with E-state index in [1.54, 1.807) is 0 Å². The number of nitrogens with zero attached hydrogens (tertiary/aromatic N) is 2. The van der Waals surface area contributed by atoms with Crippen molar-refractivity contribution in [1.82, 2.24) is 4.90 Å². The standard InChI is InChI=1S/C13H18N2/c1-12-4-6-13(7-5-12)8-11-15(2)10-3-9-14/h4-7H,3,8,10-11H2,1-2H3. The molecule has 2 heteroatoms. The third-order valence-electron chi connectivity index (χ3n) is 2.51. The molecular formula is C13H18N2. The minimum absolute atomic E-state index is 0.615. The van der Waals surface area contributed by atoms with Gasteiger partial charge in [0.2, 0.25) is 0 Å². The van der Waals surface area contributed by atoms with Crippen LogP contribution in [0.4, 0.5) is 0 Å². The van der Waals surface area contributed by atoms with E-state index >= 15 is 0 Å². The van der Waals surface area contributed by atoms with E-state index in [9.17, 15) is 0 Å². The van der Waals surface area contributed by atoms with Crippen LogP contribution in [-0.2, 0) is 6.42 Å². The van der Waals surface area contributed by atoms with Gasteiger partial charge in [0.25, 0.3) is 0 Å². The Morgan fingerprint density at radius 1 is 1.20 bits per heavy atom. The zero-order chi connectivity index (χ0) is 11.1. The largest absolute Gasteiger partial charge is 0.305 e. The third-order valence-corrected chi connectivity index (χ3v) is 2.51. The molecule has 0 atom stereocenters. The van der Waals surface area contributed by atoms with Crippen LogP contribution in [0.1, 0.15) is 17.5 Å². The molecule has 0 heterocycles. The van der Waals surface area contributed by atoms with Crippen LogP contribution in [0.2, 0.25) is 0 Å². The summed E-state index contributed by atoms with van der Waals surface area (Å²) in [6.45, 7) is 3.98. The normalized spacial score (nSPS) is 10.3. The van der Waals surface area contributed by atoms with E-state index in [0.29, 0.717) is 6.42 Å². The molecule has 0 aliphatic heterocycles. The van der Waals surface area contributed by atoms with E-state index in [2.05, 4.69) is 49.2 Å². The molecule has 0 saturated heterocycles. The van der Waals surface area contributed by atoms with Gasteiger partial charge in [-0.1, -0.05) is 29.8 Å². The molecule has 0 saturated carbocycles. The second-order valence-electron chi connectivity index (χ2n) is 3.95. The molecule has 0 radical (unpaired) electrons. The molecule has 0 spiro atoms. The summed E-state index contributed by atoms with van der Waals surface area (Å²) < 4.78 is 0. The van der Waals surface area contributed by atoms with Gasteiger partial charge in [-0.25, -0.2) is 0 Å². The number of aryl methyl sites for hydroxylation is 1. The maximum Gasteiger partial charge on any atom is 0.0635 e. The molecule has 15 heavy (non-hydrogen) atoms. The summed E-state index contributed by atoms with van der Waals surface area (Å²) in [5.41, 5.74) is 2.67. The topological polar surface area (TPSA) is 27.0 Å². The number of rotatable bonds is 5. The lowest BCUT2D eigenvalue weighted by atomic mass is 10.1. The summed E-state index contributed by atoms with van der Waals surface area (Å²) in [6.07, 6.45) is 1.67. The van der Waals surface area contributed by atoms with Crippen LogP contribution < -0.4 is 0 Å². The monoisotopic (exact) mass is 202 g/mol. The maximum absolute atomic E-state index is 8.45. The van der Waals surface area contributed by atoms with Crippen LogP contribution in [0, 0.1) is 18.3 Å². The van der Waals surface area contributed by atoms with Gasteiger partial charge in [0.15, 0.2) is 0 Å². The van der Waals surface area contributed by atoms with Gasteiger partial charge in [-0.3, -0.25) is 0 Å². The third kappa shape index (κ3) is 4.62. The van der Waals surface area contributed by atoms with E-state index < -0.39 is 0 Å². The van der Waals surface area contributed by atoms with Crippen LogP contribution in [0.15, 0.2) is 24.3 Å². The lowest BCUT2D eigenvalue weighted by Crippen LogP contribution is -2.22. The van der Waals surface area contributed by atoms with Crippen LogP contribution in [0.25, 0.3) is 0 Å².